The molecule has 1 atom stereocenters. The Hall–Kier alpha value is -3.38. The second kappa shape index (κ2) is 12.9. The number of hydrogen-bond donors (Lipinski definition) is 0. The number of aromatic nitrogens is 1. The summed E-state index contributed by atoms with van der Waals surface area (Å²) in [5.41, 5.74) is 2.87. The lowest BCUT2D eigenvalue weighted by molar-refractivity contribution is -0.143. The molecule has 1 unspecified atom stereocenters. The first kappa shape index (κ1) is 26.2. The van der Waals surface area contributed by atoms with Crippen molar-refractivity contribution in [2.24, 2.45) is 7.05 Å². The van der Waals surface area contributed by atoms with Crippen molar-refractivity contribution in [3.63, 3.8) is 0 Å². The monoisotopic (exact) mass is 475 g/mol. The summed E-state index contributed by atoms with van der Waals surface area (Å²) in [6, 6.07) is 23.5. The van der Waals surface area contributed by atoms with Gasteiger partial charge in [0, 0.05) is 38.6 Å². The van der Waals surface area contributed by atoms with Gasteiger partial charge in [0.15, 0.2) is 0 Å². The van der Waals surface area contributed by atoms with Gasteiger partial charge in [-0.05, 0) is 36.6 Å². The Bertz CT molecular complexity index is 1030. The summed E-state index contributed by atoms with van der Waals surface area (Å²) in [7, 11) is 3.60. The third kappa shape index (κ3) is 6.83. The molecule has 1 aromatic heterocycles. The standard InChI is InChI=1S/C29H37N3O3/c1-5-23(2)32(22-27(33)31(19-20-35-4)21-26-17-12-18-30(26)3)29(34)28(24-13-8-6-9-14-24)25-15-10-7-11-16-25/h6-18,23,28H,5,19-22H2,1-4H3. The van der Waals surface area contributed by atoms with Crippen molar-refractivity contribution in [1.82, 2.24) is 14.4 Å². The number of rotatable bonds is 12. The molecule has 2 aromatic carbocycles. The molecule has 0 saturated carbocycles. The van der Waals surface area contributed by atoms with Gasteiger partial charge >= 0.3 is 0 Å². The normalized spacial score (nSPS) is 11.9. The Morgan fingerprint density at radius 3 is 2.03 bits per heavy atom. The summed E-state index contributed by atoms with van der Waals surface area (Å²) >= 11 is 0. The van der Waals surface area contributed by atoms with Crippen LogP contribution in [0.3, 0.4) is 0 Å². The van der Waals surface area contributed by atoms with Gasteiger partial charge in [0.2, 0.25) is 11.8 Å². The Balaban J connectivity index is 1.90. The minimum Gasteiger partial charge on any atom is -0.383 e. The smallest absolute Gasteiger partial charge is 0.242 e. The van der Waals surface area contributed by atoms with Crippen LogP contribution in [0.15, 0.2) is 79.0 Å². The Kier molecular flexibility index (Phi) is 9.67. The van der Waals surface area contributed by atoms with Gasteiger partial charge < -0.3 is 19.1 Å². The van der Waals surface area contributed by atoms with E-state index in [0.29, 0.717) is 19.7 Å². The first-order valence-electron chi connectivity index (χ1n) is 12.2. The third-order valence-corrected chi connectivity index (χ3v) is 6.55. The zero-order valence-corrected chi connectivity index (χ0v) is 21.3. The van der Waals surface area contributed by atoms with Gasteiger partial charge in [-0.25, -0.2) is 0 Å². The van der Waals surface area contributed by atoms with Gasteiger partial charge in [0.25, 0.3) is 0 Å². The third-order valence-electron chi connectivity index (χ3n) is 6.55. The lowest BCUT2D eigenvalue weighted by Gasteiger charge is -2.34. The summed E-state index contributed by atoms with van der Waals surface area (Å²) in [4.78, 5) is 31.2. The maximum Gasteiger partial charge on any atom is 0.242 e. The van der Waals surface area contributed by atoms with E-state index in [1.807, 2.05) is 104 Å². The molecule has 1 heterocycles. The highest BCUT2D eigenvalue weighted by atomic mass is 16.5. The van der Waals surface area contributed by atoms with Gasteiger partial charge in [-0.3, -0.25) is 9.59 Å². The Morgan fingerprint density at radius 2 is 1.54 bits per heavy atom. The molecule has 3 rings (SSSR count). The number of ether oxygens (including phenoxy) is 1. The van der Waals surface area contributed by atoms with Gasteiger partial charge in [-0.2, -0.15) is 0 Å². The number of hydrogen-bond acceptors (Lipinski definition) is 3. The number of carbonyl (C=O) groups excluding carboxylic acids is 2. The highest BCUT2D eigenvalue weighted by molar-refractivity contribution is 5.91. The van der Waals surface area contributed by atoms with E-state index in [1.165, 1.54) is 0 Å². The summed E-state index contributed by atoms with van der Waals surface area (Å²) < 4.78 is 7.27. The van der Waals surface area contributed by atoms with Crippen LogP contribution in [0.2, 0.25) is 0 Å². The average Bonchev–Trinajstić information content (AvgIpc) is 3.29. The van der Waals surface area contributed by atoms with Gasteiger partial charge in [0.1, 0.15) is 6.54 Å². The molecule has 2 amide bonds. The molecule has 0 N–H and O–H groups in total. The van der Waals surface area contributed by atoms with Crippen molar-refractivity contribution in [2.75, 3.05) is 26.8 Å². The van der Waals surface area contributed by atoms with E-state index in [-0.39, 0.29) is 24.4 Å². The number of amides is 2. The fourth-order valence-electron chi connectivity index (χ4n) is 4.20. The number of aryl methyl sites for hydroxylation is 1. The van der Waals surface area contributed by atoms with Crippen molar-refractivity contribution in [1.29, 1.82) is 0 Å². The number of methoxy groups -OCH3 is 1. The topological polar surface area (TPSA) is 54.8 Å². The van der Waals surface area contributed by atoms with Crippen molar-refractivity contribution >= 4 is 11.8 Å². The van der Waals surface area contributed by atoms with Crippen LogP contribution < -0.4 is 0 Å². The molecule has 0 saturated heterocycles. The molecule has 0 fully saturated rings. The number of benzene rings is 2. The molecule has 6 nitrogen and oxygen atoms in total. The quantitative estimate of drug-likeness (QED) is 0.389. The molecule has 0 bridgehead atoms. The summed E-state index contributed by atoms with van der Waals surface area (Å²) in [5.74, 6) is -0.619. The minimum absolute atomic E-state index is 0.0259. The van der Waals surface area contributed by atoms with Crippen LogP contribution in [0.1, 0.15) is 43.0 Å². The lowest BCUT2D eigenvalue weighted by Crippen LogP contribution is -2.48. The summed E-state index contributed by atoms with van der Waals surface area (Å²) in [6.45, 7) is 5.44. The maximum absolute atomic E-state index is 14.1. The summed E-state index contributed by atoms with van der Waals surface area (Å²) in [6.07, 6.45) is 2.72. The van der Waals surface area contributed by atoms with E-state index in [0.717, 1.165) is 23.2 Å². The minimum atomic E-state index is -0.473. The molecule has 35 heavy (non-hydrogen) atoms. The Labute approximate surface area is 209 Å². The van der Waals surface area contributed by atoms with Crippen LogP contribution >= 0.6 is 0 Å². The van der Waals surface area contributed by atoms with E-state index in [4.69, 9.17) is 4.74 Å². The molecule has 3 aromatic rings. The van der Waals surface area contributed by atoms with E-state index in [9.17, 15) is 9.59 Å². The molecular weight excluding hydrogens is 438 g/mol. The zero-order valence-electron chi connectivity index (χ0n) is 21.3. The van der Waals surface area contributed by atoms with Crippen LogP contribution in [0.4, 0.5) is 0 Å². The van der Waals surface area contributed by atoms with Crippen LogP contribution in [-0.4, -0.2) is 59.0 Å². The molecule has 0 radical (unpaired) electrons. The zero-order chi connectivity index (χ0) is 25.2. The van der Waals surface area contributed by atoms with Gasteiger partial charge in [-0.15, -0.1) is 0 Å². The highest BCUT2D eigenvalue weighted by Gasteiger charge is 2.32. The first-order valence-corrected chi connectivity index (χ1v) is 12.2. The highest BCUT2D eigenvalue weighted by Crippen LogP contribution is 2.28. The van der Waals surface area contributed by atoms with Crippen molar-refractivity contribution < 1.29 is 14.3 Å². The largest absolute Gasteiger partial charge is 0.383 e. The molecule has 0 spiro atoms. The molecule has 0 aliphatic carbocycles. The Morgan fingerprint density at radius 1 is 0.943 bits per heavy atom. The van der Waals surface area contributed by atoms with Crippen LogP contribution in [0.25, 0.3) is 0 Å². The fourth-order valence-corrected chi connectivity index (χ4v) is 4.20. The van der Waals surface area contributed by atoms with Crippen molar-refractivity contribution in [3.05, 3.63) is 95.8 Å². The van der Waals surface area contributed by atoms with Gasteiger partial charge in [-0.1, -0.05) is 67.6 Å². The van der Waals surface area contributed by atoms with Crippen LogP contribution in [0.5, 0.6) is 0 Å². The molecular formula is C29H37N3O3. The predicted octanol–water partition coefficient (Wildman–Crippen LogP) is 4.46. The number of carbonyl (C=O) groups is 2. The van der Waals surface area contributed by atoms with Crippen molar-refractivity contribution in [2.45, 2.75) is 38.8 Å². The second-order valence-electron chi connectivity index (χ2n) is 8.90. The molecule has 6 heteroatoms. The van der Waals surface area contributed by atoms with Crippen LogP contribution in [0, 0.1) is 0 Å². The first-order chi connectivity index (χ1) is 17.0. The van der Waals surface area contributed by atoms with Gasteiger partial charge in [0.05, 0.1) is 19.1 Å². The van der Waals surface area contributed by atoms with E-state index < -0.39 is 5.92 Å². The maximum atomic E-state index is 14.1. The predicted molar refractivity (Wildman–Crippen MR) is 139 cm³/mol. The van der Waals surface area contributed by atoms with E-state index >= 15 is 0 Å². The van der Waals surface area contributed by atoms with E-state index in [1.54, 1.807) is 16.9 Å². The molecule has 0 aliphatic heterocycles. The summed E-state index contributed by atoms with van der Waals surface area (Å²) in [5, 5.41) is 0. The number of nitrogens with zero attached hydrogens (tertiary/aromatic N) is 3. The van der Waals surface area contributed by atoms with Crippen molar-refractivity contribution in [3.8, 4) is 0 Å². The fraction of sp³-hybridized carbons (Fsp3) is 0.379. The molecule has 186 valence electrons. The lowest BCUT2D eigenvalue weighted by atomic mass is 9.89. The average molecular weight is 476 g/mol. The van der Waals surface area contributed by atoms with E-state index in [2.05, 4.69) is 0 Å². The van der Waals surface area contributed by atoms with Crippen LogP contribution in [-0.2, 0) is 27.9 Å². The molecule has 0 aliphatic rings. The SMILES string of the molecule is CCC(C)N(CC(=O)N(CCOC)Cc1cccn1C)C(=O)C(c1ccccc1)c1ccccc1. The second-order valence-corrected chi connectivity index (χ2v) is 8.90.